The van der Waals surface area contributed by atoms with Crippen molar-refractivity contribution in [3.05, 3.63) is 0 Å². The van der Waals surface area contributed by atoms with Crippen LogP contribution in [0.25, 0.3) is 0 Å². The van der Waals surface area contributed by atoms with Crippen LogP contribution in [0, 0.1) is 0 Å². The van der Waals surface area contributed by atoms with Crippen molar-refractivity contribution < 1.29 is 5.11 Å². The van der Waals surface area contributed by atoms with Gasteiger partial charge in [0.15, 0.2) is 0 Å². The first-order chi connectivity index (χ1) is 2.91. The average molecular weight is 124 g/mol. The number of aliphatic hydroxyl groups excluding tert-OH is 1. The Kier molecular flexibility index (Phi) is 6.28. The minimum atomic E-state index is 0.251. The maximum absolute atomic E-state index is 8.15. The van der Waals surface area contributed by atoms with Crippen molar-refractivity contribution in [1.82, 2.24) is 0 Å². The highest BCUT2D eigenvalue weighted by molar-refractivity contribution is 8.15. The molecule has 0 fully saturated rings. The van der Waals surface area contributed by atoms with Gasteiger partial charge in [0.1, 0.15) is 0 Å². The molecule has 1 N–H and O–H groups in total. The van der Waals surface area contributed by atoms with E-state index in [1.165, 1.54) is 11.8 Å². The van der Waals surface area contributed by atoms with Gasteiger partial charge in [-0.15, -0.1) is 11.8 Å². The van der Waals surface area contributed by atoms with Crippen molar-refractivity contribution >= 4 is 23.5 Å². The summed E-state index contributed by atoms with van der Waals surface area (Å²) in [6, 6.07) is 0. The molecule has 0 atom stereocenters. The third kappa shape index (κ3) is 4.66. The lowest BCUT2D eigenvalue weighted by Crippen LogP contribution is -1.71. The summed E-state index contributed by atoms with van der Waals surface area (Å²) in [5, 5.41) is 9.14. The number of rotatable bonds is 3. The quantitative estimate of drug-likeness (QED) is 0.447. The molecule has 0 aromatic rings. The van der Waals surface area contributed by atoms with Crippen molar-refractivity contribution in [2.24, 2.45) is 0 Å². The fourth-order valence-electron chi connectivity index (χ4n) is 0.121. The molecule has 0 radical (unpaired) electrons. The van der Waals surface area contributed by atoms with Gasteiger partial charge in [0.05, 0.1) is 5.94 Å². The Balaban J connectivity index is 2.34. The Hall–Kier alpha value is 0.660. The topological polar surface area (TPSA) is 20.2 Å². The van der Waals surface area contributed by atoms with Crippen molar-refractivity contribution in [2.75, 3.05) is 17.3 Å². The fourth-order valence-corrected chi connectivity index (χ4v) is 1.09. The molecule has 6 heavy (non-hydrogen) atoms. The van der Waals surface area contributed by atoms with Gasteiger partial charge in [0, 0.05) is 5.08 Å². The lowest BCUT2D eigenvalue weighted by atomic mass is 11.7. The molecular formula is C3H8OS2. The Morgan fingerprint density at radius 3 is 2.50 bits per heavy atom. The van der Waals surface area contributed by atoms with Crippen LogP contribution in [0.4, 0.5) is 0 Å². The van der Waals surface area contributed by atoms with Crippen molar-refractivity contribution in [1.29, 1.82) is 0 Å². The molecule has 3 heteroatoms. The third-order valence-electron chi connectivity index (χ3n) is 0.292. The third-order valence-corrected chi connectivity index (χ3v) is 2.08. The first-order valence-electron chi connectivity index (χ1n) is 1.59. The standard InChI is InChI=1S/C3H8OS2/c1-5-3-6-2-4/h4H,2-3H2,1H3. The van der Waals surface area contributed by atoms with Gasteiger partial charge in [-0.05, 0) is 6.26 Å². The first kappa shape index (κ1) is 6.66. The van der Waals surface area contributed by atoms with Crippen LogP contribution in [0.5, 0.6) is 0 Å². The Labute approximate surface area is 46.5 Å². The minimum absolute atomic E-state index is 0.251. The summed E-state index contributed by atoms with van der Waals surface area (Å²) in [6.45, 7) is 0. The van der Waals surface area contributed by atoms with Gasteiger partial charge in [-0.2, -0.15) is 11.8 Å². The normalized spacial score (nSPS) is 9.00. The van der Waals surface area contributed by atoms with E-state index in [9.17, 15) is 0 Å². The highest BCUT2D eigenvalue weighted by Gasteiger charge is 1.75. The summed E-state index contributed by atoms with van der Waals surface area (Å²) >= 11 is 3.26. The van der Waals surface area contributed by atoms with E-state index >= 15 is 0 Å². The molecule has 0 aliphatic carbocycles. The Morgan fingerprint density at radius 2 is 2.33 bits per heavy atom. The highest BCUT2D eigenvalue weighted by atomic mass is 32.2. The predicted molar refractivity (Wildman–Crippen MR) is 33.1 cm³/mol. The number of hydrogen-bond donors (Lipinski definition) is 1. The summed E-state index contributed by atoms with van der Waals surface area (Å²) < 4.78 is 0. The predicted octanol–water partition coefficient (Wildman–Crippen LogP) is 0.990. The summed E-state index contributed by atoms with van der Waals surface area (Å²) in [4.78, 5) is 0. The van der Waals surface area contributed by atoms with Crippen LogP contribution >= 0.6 is 23.5 Å². The summed E-state index contributed by atoms with van der Waals surface area (Å²) in [5.74, 6) is 0.251. The second kappa shape index (κ2) is 5.66. The molecule has 0 rings (SSSR count). The van der Waals surface area contributed by atoms with E-state index in [1.807, 2.05) is 6.26 Å². The van der Waals surface area contributed by atoms with Gasteiger partial charge in [-0.1, -0.05) is 0 Å². The Morgan fingerprint density at radius 1 is 1.67 bits per heavy atom. The second-order valence-electron chi connectivity index (χ2n) is 0.740. The lowest BCUT2D eigenvalue weighted by molar-refractivity contribution is 0.375. The number of thioether (sulfide) groups is 2. The molecule has 0 spiro atoms. The van der Waals surface area contributed by atoms with E-state index in [0.717, 1.165) is 5.08 Å². The maximum atomic E-state index is 8.15. The van der Waals surface area contributed by atoms with Gasteiger partial charge >= 0.3 is 0 Å². The smallest absolute Gasteiger partial charge is 0.0894 e. The van der Waals surface area contributed by atoms with E-state index in [1.54, 1.807) is 11.8 Å². The minimum Gasteiger partial charge on any atom is -0.386 e. The molecule has 0 aliphatic heterocycles. The SMILES string of the molecule is CSCSCO. The van der Waals surface area contributed by atoms with E-state index in [4.69, 9.17) is 5.11 Å². The van der Waals surface area contributed by atoms with Crippen LogP contribution in [0.1, 0.15) is 0 Å². The van der Waals surface area contributed by atoms with Crippen molar-refractivity contribution in [3.8, 4) is 0 Å². The monoisotopic (exact) mass is 124 g/mol. The molecule has 0 saturated carbocycles. The largest absolute Gasteiger partial charge is 0.386 e. The van der Waals surface area contributed by atoms with Gasteiger partial charge in [-0.3, -0.25) is 0 Å². The molecule has 0 aliphatic rings. The van der Waals surface area contributed by atoms with Crippen LogP contribution in [0.3, 0.4) is 0 Å². The van der Waals surface area contributed by atoms with Gasteiger partial charge < -0.3 is 5.11 Å². The number of aliphatic hydroxyl groups is 1. The van der Waals surface area contributed by atoms with Crippen LogP contribution in [0.2, 0.25) is 0 Å². The second-order valence-corrected chi connectivity index (χ2v) is 2.93. The van der Waals surface area contributed by atoms with Crippen molar-refractivity contribution in [3.63, 3.8) is 0 Å². The van der Waals surface area contributed by atoms with Gasteiger partial charge in [0.2, 0.25) is 0 Å². The Bertz CT molecular complexity index is 20.8. The fraction of sp³-hybridized carbons (Fsp3) is 1.00. The molecule has 0 heterocycles. The molecule has 0 unspecified atom stereocenters. The van der Waals surface area contributed by atoms with E-state index in [-0.39, 0.29) is 5.94 Å². The van der Waals surface area contributed by atoms with Gasteiger partial charge in [0.25, 0.3) is 0 Å². The molecule has 0 bridgehead atoms. The van der Waals surface area contributed by atoms with E-state index in [2.05, 4.69) is 0 Å². The zero-order valence-corrected chi connectivity index (χ0v) is 5.31. The van der Waals surface area contributed by atoms with Gasteiger partial charge in [-0.25, -0.2) is 0 Å². The zero-order valence-electron chi connectivity index (χ0n) is 3.68. The lowest BCUT2D eigenvalue weighted by Gasteiger charge is -1.86. The maximum Gasteiger partial charge on any atom is 0.0894 e. The summed E-state index contributed by atoms with van der Waals surface area (Å²) in [5.41, 5.74) is 0. The zero-order chi connectivity index (χ0) is 4.83. The van der Waals surface area contributed by atoms with E-state index < -0.39 is 0 Å². The van der Waals surface area contributed by atoms with E-state index in [0.29, 0.717) is 0 Å². The van der Waals surface area contributed by atoms with Crippen molar-refractivity contribution in [2.45, 2.75) is 0 Å². The van der Waals surface area contributed by atoms with Crippen LogP contribution in [0.15, 0.2) is 0 Å². The molecule has 0 amide bonds. The van der Waals surface area contributed by atoms with Crippen LogP contribution in [-0.4, -0.2) is 22.4 Å². The molecular weight excluding hydrogens is 116 g/mol. The summed E-state index contributed by atoms with van der Waals surface area (Å²) in [7, 11) is 0. The number of hydrogen-bond acceptors (Lipinski definition) is 3. The molecule has 0 saturated heterocycles. The highest BCUT2D eigenvalue weighted by Crippen LogP contribution is 2.04. The molecule has 38 valence electrons. The molecule has 0 aromatic heterocycles. The first-order valence-corrected chi connectivity index (χ1v) is 4.14. The summed E-state index contributed by atoms with van der Waals surface area (Å²) in [6.07, 6.45) is 2.02. The molecule has 1 nitrogen and oxygen atoms in total. The van der Waals surface area contributed by atoms with Crippen LogP contribution < -0.4 is 0 Å². The van der Waals surface area contributed by atoms with Crippen LogP contribution in [-0.2, 0) is 0 Å². The molecule has 0 aromatic carbocycles. The average Bonchev–Trinajstić information content (AvgIpc) is 1.61.